The van der Waals surface area contributed by atoms with Gasteiger partial charge in [-0.25, -0.2) is 0 Å². The van der Waals surface area contributed by atoms with Crippen LogP contribution in [-0.4, -0.2) is 5.11 Å². The van der Waals surface area contributed by atoms with Gasteiger partial charge >= 0.3 is 0 Å². The van der Waals surface area contributed by atoms with Crippen LogP contribution in [0.1, 0.15) is 26.3 Å². The first-order valence-corrected chi connectivity index (χ1v) is 4.97. The number of benzene rings is 1. The van der Waals surface area contributed by atoms with Crippen LogP contribution >= 0.6 is 25.3 Å². The van der Waals surface area contributed by atoms with Crippen molar-refractivity contribution in [2.45, 2.75) is 36.0 Å². The van der Waals surface area contributed by atoms with Gasteiger partial charge in [-0.15, -0.1) is 25.3 Å². The predicted molar refractivity (Wildman–Crippen MR) is 61.3 cm³/mol. The van der Waals surface area contributed by atoms with Crippen LogP contribution in [0.2, 0.25) is 0 Å². The Hall–Kier alpha value is -0.280. The Kier molecular flexibility index (Phi) is 2.88. The van der Waals surface area contributed by atoms with Crippen molar-refractivity contribution in [2.75, 3.05) is 0 Å². The van der Waals surface area contributed by atoms with Crippen LogP contribution in [0.3, 0.4) is 0 Å². The zero-order valence-corrected chi connectivity index (χ0v) is 9.79. The Morgan fingerprint density at radius 2 is 1.69 bits per heavy atom. The summed E-state index contributed by atoms with van der Waals surface area (Å²) in [6.07, 6.45) is 0. The highest BCUT2D eigenvalue weighted by molar-refractivity contribution is 7.81. The van der Waals surface area contributed by atoms with Crippen LogP contribution in [0, 0.1) is 0 Å². The van der Waals surface area contributed by atoms with Crippen molar-refractivity contribution in [1.82, 2.24) is 0 Å². The smallest absolute Gasteiger partial charge is 0.132 e. The van der Waals surface area contributed by atoms with Gasteiger partial charge in [0.15, 0.2) is 0 Å². The summed E-state index contributed by atoms with van der Waals surface area (Å²) in [5.74, 6) is 0.258. The maximum Gasteiger partial charge on any atom is 0.132 e. The van der Waals surface area contributed by atoms with Crippen molar-refractivity contribution in [1.29, 1.82) is 0 Å². The van der Waals surface area contributed by atoms with Crippen molar-refractivity contribution >= 4 is 25.3 Å². The largest absolute Gasteiger partial charge is 0.506 e. The van der Waals surface area contributed by atoms with Crippen molar-refractivity contribution in [3.63, 3.8) is 0 Å². The topological polar surface area (TPSA) is 20.2 Å². The van der Waals surface area contributed by atoms with Crippen molar-refractivity contribution in [3.05, 3.63) is 17.7 Å². The predicted octanol–water partition coefficient (Wildman–Crippen LogP) is 3.27. The summed E-state index contributed by atoms with van der Waals surface area (Å²) < 4.78 is 0. The molecule has 0 aromatic heterocycles. The molecular weight excluding hydrogens is 200 g/mol. The Morgan fingerprint density at radius 1 is 1.15 bits per heavy atom. The molecular formula is C10H14OS2. The lowest BCUT2D eigenvalue weighted by atomic mass is 9.86. The average Bonchev–Trinajstić information content (AvgIpc) is 1.94. The average molecular weight is 214 g/mol. The van der Waals surface area contributed by atoms with E-state index in [0.717, 1.165) is 10.5 Å². The molecule has 1 rings (SSSR count). The fraction of sp³-hybridized carbons (Fsp3) is 0.400. The monoisotopic (exact) mass is 214 g/mol. The molecule has 0 aliphatic heterocycles. The summed E-state index contributed by atoms with van der Waals surface area (Å²) in [7, 11) is 0. The fourth-order valence-electron chi connectivity index (χ4n) is 1.18. The van der Waals surface area contributed by atoms with Gasteiger partial charge in [0.25, 0.3) is 0 Å². The third-order valence-electron chi connectivity index (χ3n) is 1.88. The van der Waals surface area contributed by atoms with E-state index in [2.05, 4.69) is 25.3 Å². The van der Waals surface area contributed by atoms with Crippen LogP contribution in [0.5, 0.6) is 5.75 Å². The zero-order chi connectivity index (χ0) is 10.2. The molecule has 1 aromatic rings. The normalized spacial score (nSPS) is 11.8. The minimum absolute atomic E-state index is 0.0830. The van der Waals surface area contributed by atoms with Gasteiger partial charge in [-0.2, -0.15) is 0 Å². The minimum Gasteiger partial charge on any atom is -0.506 e. The lowest BCUT2D eigenvalue weighted by Crippen LogP contribution is -2.11. The van der Waals surface area contributed by atoms with Gasteiger partial charge in [0.05, 0.1) is 0 Å². The van der Waals surface area contributed by atoms with Gasteiger partial charge in [0.2, 0.25) is 0 Å². The number of phenolic OH excluding ortho intramolecular Hbond substituents is 1. The molecule has 3 heteroatoms. The van der Waals surface area contributed by atoms with E-state index in [1.54, 1.807) is 6.07 Å². The standard InChI is InChI=1S/C10H14OS2/c1-10(2,3)7-4-6(12)5-8(13)9(7)11/h4-5,11-13H,1-3H3. The highest BCUT2D eigenvalue weighted by Crippen LogP contribution is 2.36. The molecule has 0 radical (unpaired) electrons. The molecule has 13 heavy (non-hydrogen) atoms. The van der Waals surface area contributed by atoms with E-state index in [9.17, 15) is 5.11 Å². The molecule has 0 spiro atoms. The summed E-state index contributed by atoms with van der Waals surface area (Å²) in [5.41, 5.74) is 0.797. The number of phenols is 1. The molecule has 72 valence electrons. The van der Waals surface area contributed by atoms with Crippen molar-refractivity contribution < 1.29 is 5.11 Å². The van der Waals surface area contributed by atoms with Gasteiger partial charge in [-0.05, 0) is 17.5 Å². The van der Waals surface area contributed by atoms with Crippen molar-refractivity contribution in [3.8, 4) is 5.75 Å². The Bertz CT molecular complexity index is 326. The molecule has 1 aromatic carbocycles. The highest BCUT2D eigenvalue weighted by Gasteiger charge is 2.19. The van der Waals surface area contributed by atoms with Gasteiger partial charge in [-0.1, -0.05) is 20.8 Å². The molecule has 0 amide bonds. The number of hydrogen-bond donors (Lipinski definition) is 3. The molecule has 1 N–H and O–H groups in total. The Labute approximate surface area is 90.0 Å². The van der Waals surface area contributed by atoms with E-state index in [0.29, 0.717) is 4.90 Å². The first kappa shape index (κ1) is 10.8. The lowest BCUT2D eigenvalue weighted by molar-refractivity contribution is 0.434. The van der Waals surface area contributed by atoms with Gasteiger partial charge in [0, 0.05) is 15.4 Å². The molecule has 0 aliphatic carbocycles. The molecule has 0 atom stereocenters. The van der Waals surface area contributed by atoms with Crippen LogP contribution in [0.25, 0.3) is 0 Å². The van der Waals surface area contributed by atoms with E-state index in [1.807, 2.05) is 26.8 Å². The Balaban J connectivity index is 3.37. The van der Waals surface area contributed by atoms with Crippen LogP contribution < -0.4 is 0 Å². The summed E-state index contributed by atoms with van der Waals surface area (Å²) >= 11 is 8.41. The minimum atomic E-state index is -0.0830. The van der Waals surface area contributed by atoms with Gasteiger partial charge in [-0.3, -0.25) is 0 Å². The highest BCUT2D eigenvalue weighted by atomic mass is 32.1. The van der Waals surface area contributed by atoms with Crippen molar-refractivity contribution in [2.24, 2.45) is 0 Å². The molecule has 0 bridgehead atoms. The summed E-state index contributed by atoms with van der Waals surface area (Å²) in [6, 6.07) is 3.61. The number of hydrogen-bond acceptors (Lipinski definition) is 3. The second-order valence-corrected chi connectivity index (χ2v) is 5.11. The molecule has 0 saturated carbocycles. The van der Waals surface area contributed by atoms with Gasteiger partial charge in [0.1, 0.15) is 5.75 Å². The van der Waals surface area contributed by atoms with Gasteiger partial charge < -0.3 is 5.11 Å². The zero-order valence-electron chi connectivity index (χ0n) is 8.00. The molecule has 1 nitrogen and oxygen atoms in total. The van der Waals surface area contributed by atoms with E-state index < -0.39 is 0 Å². The summed E-state index contributed by atoms with van der Waals surface area (Å²) in [4.78, 5) is 1.41. The van der Waals surface area contributed by atoms with Crippen LogP contribution in [-0.2, 0) is 5.41 Å². The molecule has 0 aliphatic rings. The lowest BCUT2D eigenvalue weighted by Gasteiger charge is -2.21. The molecule has 0 heterocycles. The summed E-state index contributed by atoms with van der Waals surface area (Å²) in [6.45, 7) is 6.13. The second kappa shape index (κ2) is 3.46. The van der Waals surface area contributed by atoms with E-state index in [-0.39, 0.29) is 11.2 Å². The first-order valence-electron chi connectivity index (χ1n) is 4.08. The number of rotatable bonds is 0. The third kappa shape index (κ3) is 2.35. The number of aromatic hydroxyl groups is 1. The summed E-state index contributed by atoms with van der Waals surface area (Å²) in [5, 5.41) is 9.75. The second-order valence-electron chi connectivity index (χ2n) is 4.11. The fourth-order valence-corrected chi connectivity index (χ4v) is 1.80. The SMILES string of the molecule is CC(C)(C)c1cc(S)cc(S)c1O. The maximum atomic E-state index is 9.75. The van der Waals surface area contributed by atoms with E-state index >= 15 is 0 Å². The molecule has 0 unspecified atom stereocenters. The quantitative estimate of drug-likeness (QED) is 0.566. The first-order chi connectivity index (χ1) is 5.82. The maximum absolute atomic E-state index is 9.75. The third-order valence-corrected chi connectivity index (χ3v) is 2.48. The van der Waals surface area contributed by atoms with Crippen LogP contribution in [0.4, 0.5) is 0 Å². The number of thiol groups is 2. The van der Waals surface area contributed by atoms with E-state index in [4.69, 9.17) is 0 Å². The molecule has 0 saturated heterocycles. The Morgan fingerprint density at radius 3 is 2.15 bits per heavy atom. The molecule has 0 fully saturated rings. The van der Waals surface area contributed by atoms with E-state index in [1.165, 1.54) is 0 Å². The van der Waals surface area contributed by atoms with Crippen LogP contribution in [0.15, 0.2) is 21.9 Å².